The van der Waals surface area contributed by atoms with Gasteiger partial charge in [-0.15, -0.1) is 0 Å². The van der Waals surface area contributed by atoms with Crippen LogP contribution in [0.1, 0.15) is 20.3 Å². The maximum Gasteiger partial charge on any atom is 0.241 e. The van der Waals surface area contributed by atoms with Crippen LogP contribution in [0.4, 0.5) is 5.69 Å². The Bertz CT molecular complexity index is 565. The monoisotopic (exact) mass is 273 g/mol. The third kappa shape index (κ3) is 3.42. The average Bonchev–Trinajstić information content (AvgIpc) is 2.92. The van der Waals surface area contributed by atoms with Gasteiger partial charge >= 0.3 is 0 Å². The number of rotatable bonds is 5. The molecule has 0 bridgehead atoms. The summed E-state index contributed by atoms with van der Waals surface area (Å²) in [6, 6.07) is 6.89. The zero-order valence-corrected chi connectivity index (χ0v) is 11.7. The van der Waals surface area contributed by atoms with Crippen molar-refractivity contribution in [2.24, 2.45) is 11.7 Å². The highest BCUT2D eigenvalue weighted by atomic mass is 16.2. The summed E-state index contributed by atoms with van der Waals surface area (Å²) in [6.07, 6.45) is 3.68. The van der Waals surface area contributed by atoms with Gasteiger partial charge in [0.1, 0.15) is 12.7 Å². The second kappa shape index (κ2) is 6.29. The van der Waals surface area contributed by atoms with Crippen LogP contribution in [-0.2, 0) is 4.79 Å². The van der Waals surface area contributed by atoms with E-state index in [2.05, 4.69) is 15.4 Å². The fourth-order valence-electron chi connectivity index (χ4n) is 1.95. The minimum Gasteiger partial charge on any atom is -0.323 e. The molecule has 0 radical (unpaired) electrons. The molecule has 0 aliphatic rings. The molecule has 1 atom stereocenters. The summed E-state index contributed by atoms with van der Waals surface area (Å²) in [5.74, 6) is 0.188. The van der Waals surface area contributed by atoms with Gasteiger partial charge in [0.05, 0.1) is 17.4 Å². The Hall–Kier alpha value is -2.21. The molecule has 0 aliphatic heterocycles. The van der Waals surface area contributed by atoms with Crippen LogP contribution < -0.4 is 11.1 Å². The largest absolute Gasteiger partial charge is 0.323 e. The van der Waals surface area contributed by atoms with Gasteiger partial charge in [-0.05, 0) is 24.5 Å². The number of nitrogens with two attached hydrogens (primary N) is 1. The van der Waals surface area contributed by atoms with Gasteiger partial charge < -0.3 is 11.1 Å². The van der Waals surface area contributed by atoms with Crippen LogP contribution in [0, 0.1) is 5.92 Å². The predicted molar refractivity (Wildman–Crippen MR) is 77.4 cm³/mol. The van der Waals surface area contributed by atoms with Crippen molar-refractivity contribution in [1.82, 2.24) is 14.8 Å². The molecule has 0 unspecified atom stereocenters. The maximum atomic E-state index is 12.1. The van der Waals surface area contributed by atoms with Crippen molar-refractivity contribution in [2.75, 3.05) is 5.32 Å². The number of carbonyl (C=O) groups is 1. The van der Waals surface area contributed by atoms with E-state index in [0.29, 0.717) is 18.0 Å². The molecule has 0 aliphatic carbocycles. The molecule has 0 fully saturated rings. The van der Waals surface area contributed by atoms with Gasteiger partial charge in [-0.3, -0.25) is 4.79 Å². The zero-order chi connectivity index (χ0) is 14.5. The Balaban J connectivity index is 2.16. The molecule has 1 heterocycles. The van der Waals surface area contributed by atoms with Crippen molar-refractivity contribution in [1.29, 1.82) is 0 Å². The summed E-state index contributed by atoms with van der Waals surface area (Å²) in [6.45, 7) is 4.08. The highest BCUT2D eigenvalue weighted by molar-refractivity contribution is 5.96. The van der Waals surface area contributed by atoms with Crippen molar-refractivity contribution >= 4 is 11.6 Å². The van der Waals surface area contributed by atoms with Crippen molar-refractivity contribution < 1.29 is 4.79 Å². The molecule has 6 heteroatoms. The van der Waals surface area contributed by atoms with E-state index in [4.69, 9.17) is 5.73 Å². The quantitative estimate of drug-likeness (QED) is 0.866. The Morgan fingerprint density at radius 1 is 1.40 bits per heavy atom. The van der Waals surface area contributed by atoms with Crippen molar-refractivity contribution in [3.8, 4) is 5.69 Å². The van der Waals surface area contributed by atoms with Crippen LogP contribution in [0.5, 0.6) is 0 Å². The van der Waals surface area contributed by atoms with E-state index in [1.54, 1.807) is 11.0 Å². The van der Waals surface area contributed by atoms with Gasteiger partial charge in [-0.2, -0.15) is 5.10 Å². The molecule has 6 nitrogen and oxygen atoms in total. The van der Waals surface area contributed by atoms with Crippen molar-refractivity contribution in [3.05, 3.63) is 36.9 Å². The lowest BCUT2D eigenvalue weighted by Crippen LogP contribution is -2.36. The number of hydrogen-bond acceptors (Lipinski definition) is 4. The molecule has 3 N–H and O–H groups in total. The number of hydrogen-bond donors (Lipinski definition) is 2. The summed E-state index contributed by atoms with van der Waals surface area (Å²) < 4.78 is 1.60. The van der Waals surface area contributed by atoms with E-state index in [1.807, 2.05) is 38.1 Å². The van der Waals surface area contributed by atoms with E-state index < -0.39 is 6.04 Å². The summed E-state index contributed by atoms with van der Waals surface area (Å²) in [7, 11) is 0. The highest BCUT2D eigenvalue weighted by Crippen LogP contribution is 2.19. The highest BCUT2D eigenvalue weighted by Gasteiger charge is 2.16. The third-order valence-corrected chi connectivity index (χ3v) is 2.89. The molecule has 1 aromatic carbocycles. The molecular formula is C14H19N5O. The number of anilines is 1. The van der Waals surface area contributed by atoms with Crippen LogP contribution in [0.15, 0.2) is 36.9 Å². The second-order valence-corrected chi connectivity index (χ2v) is 5.08. The lowest BCUT2D eigenvalue weighted by atomic mass is 10.0. The summed E-state index contributed by atoms with van der Waals surface area (Å²) in [5.41, 5.74) is 7.32. The van der Waals surface area contributed by atoms with E-state index in [1.165, 1.54) is 6.33 Å². The van der Waals surface area contributed by atoms with Gasteiger partial charge in [0.2, 0.25) is 5.91 Å². The number of nitrogens with zero attached hydrogens (tertiary/aromatic N) is 3. The molecule has 2 rings (SSSR count). The zero-order valence-electron chi connectivity index (χ0n) is 11.7. The van der Waals surface area contributed by atoms with Gasteiger partial charge in [-0.25, -0.2) is 9.67 Å². The number of para-hydroxylation sites is 2. The first-order valence-corrected chi connectivity index (χ1v) is 6.58. The topological polar surface area (TPSA) is 85.8 Å². The van der Waals surface area contributed by atoms with E-state index in [0.717, 1.165) is 5.69 Å². The van der Waals surface area contributed by atoms with E-state index >= 15 is 0 Å². The molecule has 0 saturated heterocycles. The molecule has 20 heavy (non-hydrogen) atoms. The Labute approximate surface area is 118 Å². The first-order valence-electron chi connectivity index (χ1n) is 6.58. The molecule has 0 spiro atoms. The van der Waals surface area contributed by atoms with E-state index in [9.17, 15) is 4.79 Å². The first kappa shape index (κ1) is 14.2. The Morgan fingerprint density at radius 3 is 2.80 bits per heavy atom. The van der Waals surface area contributed by atoms with Gasteiger partial charge in [0.15, 0.2) is 0 Å². The number of benzene rings is 1. The van der Waals surface area contributed by atoms with Crippen molar-refractivity contribution in [2.45, 2.75) is 26.3 Å². The minimum absolute atomic E-state index is 0.189. The molecular weight excluding hydrogens is 254 g/mol. The molecule has 0 saturated carbocycles. The van der Waals surface area contributed by atoms with Crippen LogP contribution in [-0.4, -0.2) is 26.7 Å². The number of aromatic nitrogens is 3. The molecule has 2 aromatic rings. The number of carbonyl (C=O) groups excluding carboxylic acids is 1. The smallest absolute Gasteiger partial charge is 0.241 e. The van der Waals surface area contributed by atoms with Gasteiger partial charge in [-0.1, -0.05) is 26.0 Å². The van der Waals surface area contributed by atoms with Crippen LogP contribution >= 0.6 is 0 Å². The Morgan fingerprint density at radius 2 is 2.15 bits per heavy atom. The Kier molecular flexibility index (Phi) is 4.47. The predicted octanol–water partition coefficient (Wildman–Crippen LogP) is 1.58. The maximum absolute atomic E-state index is 12.1. The first-order chi connectivity index (χ1) is 9.58. The summed E-state index contributed by atoms with van der Waals surface area (Å²) in [4.78, 5) is 16.0. The number of amides is 1. The van der Waals surface area contributed by atoms with Crippen LogP contribution in [0.2, 0.25) is 0 Å². The lowest BCUT2D eigenvalue weighted by Gasteiger charge is -2.16. The van der Waals surface area contributed by atoms with Gasteiger partial charge in [0.25, 0.3) is 0 Å². The fraction of sp³-hybridized carbons (Fsp3) is 0.357. The average molecular weight is 273 g/mol. The second-order valence-electron chi connectivity index (χ2n) is 5.08. The third-order valence-electron chi connectivity index (χ3n) is 2.89. The minimum atomic E-state index is -0.515. The lowest BCUT2D eigenvalue weighted by molar-refractivity contribution is -0.117. The van der Waals surface area contributed by atoms with Crippen LogP contribution in [0.25, 0.3) is 5.69 Å². The van der Waals surface area contributed by atoms with Gasteiger partial charge in [0, 0.05) is 0 Å². The molecule has 1 aromatic heterocycles. The van der Waals surface area contributed by atoms with Crippen molar-refractivity contribution in [3.63, 3.8) is 0 Å². The standard InChI is InChI=1S/C14H19N5O/c1-10(2)7-11(15)14(20)18-12-5-3-4-6-13(12)19-9-16-8-17-19/h3-6,8-11H,7,15H2,1-2H3,(H,18,20)/t11-/m1/s1. The molecule has 1 amide bonds. The summed E-state index contributed by atoms with van der Waals surface area (Å²) >= 11 is 0. The van der Waals surface area contributed by atoms with E-state index in [-0.39, 0.29) is 5.91 Å². The number of nitrogens with one attached hydrogen (secondary N) is 1. The fourth-order valence-corrected chi connectivity index (χ4v) is 1.95. The normalized spacial score (nSPS) is 12.4. The van der Waals surface area contributed by atoms with Crippen LogP contribution in [0.3, 0.4) is 0 Å². The summed E-state index contributed by atoms with van der Waals surface area (Å²) in [5, 5.41) is 6.92. The molecule has 106 valence electrons. The SMILES string of the molecule is CC(C)C[C@@H](N)C(=O)Nc1ccccc1-n1cncn1.